The van der Waals surface area contributed by atoms with Gasteiger partial charge in [-0.2, -0.15) is 0 Å². The number of rotatable bonds is 4. The standard InChI is InChI=1S/C15H18N4O/c1-3-19-9-16-18-14(19)11-5-4-6-12(8-11)17-15(20)13-7-10(13)2/h4-6,8-10,13H,3,7H2,1-2H3,(H,17,20). The topological polar surface area (TPSA) is 59.8 Å². The van der Waals surface area contributed by atoms with Gasteiger partial charge in [-0.3, -0.25) is 4.79 Å². The average molecular weight is 270 g/mol. The van der Waals surface area contributed by atoms with Crippen LogP contribution in [-0.4, -0.2) is 20.7 Å². The van der Waals surface area contributed by atoms with E-state index in [1.807, 2.05) is 35.8 Å². The molecule has 1 heterocycles. The van der Waals surface area contributed by atoms with Gasteiger partial charge in [0.2, 0.25) is 5.91 Å². The Bertz CT molecular complexity index is 634. The SMILES string of the molecule is CCn1cnnc1-c1cccc(NC(=O)C2CC2C)c1. The molecule has 5 heteroatoms. The number of carbonyl (C=O) groups is 1. The van der Waals surface area contributed by atoms with Gasteiger partial charge in [0.25, 0.3) is 0 Å². The van der Waals surface area contributed by atoms with Gasteiger partial charge in [0, 0.05) is 23.7 Å². The van der Waals surface area contributed by atoms with Crippen molar-refractivity contribution in [3.63, 3.8) is 0 Å². The minimum absolute atomic E-state index is 0.117. The Morgan fingerprint density at radius 2 is 2.30 bits per heavy atom. The van der Waals surface area contributed by atoms with Crippen LogP contribution in [0.2, 0.25) is 0 Å². The van der Waals surface area contributed by atoms with Crippen molar-refractivity contribution in [1.82, 2.24) is 14.8 Å². The molecule has 1 fully saturated rings. The molecule has 2 aromatic rings. The van der Waals surface area contributed by atoms with Crippen molar-refractivity contribution < 1.29 is 4.79 Å². The fourth-order valence-electron chi connectivity index (χ4n) is 2.37. The first-order valence-electron chi connectivity index (χ1n) is 6.98. The monoisotopic (exact) mass is 270 g/mol. The number of anilines is 1. The van der Waals surface area contributed by atoms with Gasteiger partial charge in [-0.15, -0.1) is 10.2 Å². The third-order valence-corrected chi connectivity index (χ3v) is 3.79. The summed E-state index contributed by atoms with van der Waals surface area (Å²) in [7, 11) is 0. The highest BCUT2D eigenvalue weighted by Crippen LogP contribution is 2.38. The van der Waals surface area contributed by atoms with Crippen molar-refractivity contribution in [2.45, 2.75) is 26.8 Å². The lowest BCUT2D eigenvalue weighted by Crippen LogP contribution is -2.14. The Morgan fingerprint density at radius 3 is 3.00 bits per heavy atom. The summed E-state index contributed by atoms with van der Waals surface area (Å²) >= 11 is 0. The van der Waals surface area contributed by atoms with Crippen LogP contribution >= 0.6 is 0 Å². The zero-order valence-electron chi connectivity index (χ0n) is 11.7. The molecule has 1 aliphatic rings. The summed E-state index contributed by atoms with van der Waals surface area (Å²) in [4.78, 5) is 12.0. The predicted molar refractivity (Wildman–Crippen MR) is 77.0 cm³/mol. The van der Waals surface area contributed by atoms with Gasteiger partial charge in [-0.1, -0.05) is 19.1 Å². The third kappa shape index (κ3) is 2.43. The molecular weight excluding hydrogens is 252 g/mol. The molecule has 1 aromatic heterocycles. The predicted octanol–water partition coefficient (Wildman–Crippen LogP) is 2.56. The molecule has 1 aromatic carbocycles. The molecule has 2 unspecified atom stereocenters. The highest BCUT2D eigenvalue weighted by atomic mass is 16.2. The second-order valence-corrected chi connectivity index (χ2v) is 5.33. The second kappa shape index (κ2) is 5.07. The summed E-state index contributed by atoms with van der Waals surface area (Å²) in [5.41, 5.74) is 1.78. The molecule has 1 aliphatic carbocycles. The van der Waals surface area contributed by atoms with Gasteiger partial charge < -0.3 is 9.88 Å². The lowest BCUT2D eigenvalue weighted by atomic mass is 10.2. The van der Waals surface area contributed by atoms with E-state index in [2.05, 4.69) is 22.4 Å². The molecule has 2 atom stereocenters. The van der Waals surface area contributed by atoms with Crippen molar-refractivity contribution in [3.8, 4) is 11.4 Å². The number of aromatic nitrogens is 3. The zero-order valence-corrected chi connectivity index (χ0v) is 11.7. The van der Waals surface area contributed by atoms with E-state index in [9.17, 15) is 4.79 Å². The summed E-state index contributed by atoms with van der Waals surface area (Å²) < 4.78 is 1.98. The van der Waals surface area contributed by atoms with Gasteiger partial charge in [0.15, 0.2) is 5.82 Å². The molecule has 3 rings (SSSR count). The van der Waals surface area contributed by atoms with Crippen LogP contribution in [0.1, 0.15) is 20.3 Å². The number of aryl methyl sites for hydroxylation is 1. The van der Waals surface area contributed by atoms with E-state index in [-0.39, 0.29) is 11.8 Å². The lowest BCUT2D eigenvalue weighted by Gasteiger charge is -2.07. The van der Waals surface area contributed by atoms with E-state index in [0.717, 1.165) is 30.0 Å². The van der Waals surface area contributed by atoms with Gasteiger partial charge in [0.1, 0.15) is 6.33 Å². The van der Waals surface area contributed by atoms with Crippen LogP contribution in [-0.2, 0) is 11.3 Å². The first-order chi connectivity index (χ1) is 9.69. The molecule has 0 aliphatic heterocycles. The molecule has 104 valence electrons. The maximum Gasteiger partial charge on any atom is 0.227 e. The largest absolute Gasteiger partial charge is 0.326 e. The molecule has 0 saturated heterocycles. The first-order valence-corrected chi connectivity index (χ1v) is 6.98. The normalized spacial score (nSPS) is 20.7. The minimum atomic E-state index is 0.117. The first kappa shape index (κ1) is 12.8. The van der Waals surface area contributed by atoms with Crippen LogP contribution in [0.3, 0.4) is 0 Å². The fraction of sp³-hybridized carbons (Fsp3) is 0.400. The van der Waals surface area contributed by atoms with Crippen molar-refractivity contribution in [2.24, 2.45) is 11.8 Å². The molecule has 0 spiro atoms. The van der Waals surface area contributed by atoms with E-state index >= 15 is 0 Å². The average Bonchev–Trinajstić information content (AvgIpc) is 3.01. The maximum atomic E-state index is 12.0. The molecule has 0 radical (unpaired) electrons. The number of nitrogens with zero attached hydrogens (tertiary/aromatic N) is 3. The molecule has 5 nitrogen and oxygen atoms in total. The summed E-state index contributed by atoms with van der Waals surface area (Å²) in [6.07, 6.45) is 2.71. The number of benzene rings is 1. The Balaban J connectivity index is 1.81. The van der Waals surface area contributed by atoms with Crippen LogP contribution in [0.5, 0.6) is 0 Å². The second-order valence-electron chi connectivity index (χ2n) is 5.33. The van der Waals surface area contributed by atoms with Crippen LogP contribution in [0.15, 0.2) is 30.6 Å². The summed E-state index contributed by atoms with van der Waals surface area (Å²) in [6.45, 7) is 4.97. The van der Waals surface area contributed by atoms with Crippen molar-refractivity contribution in [2.75, 3.05) is 5.32 Å². The van der Waals surface area contributed by atoms with E-state index in [1.54, 1.807) is 6.33 Å². The van der Waals surface area contributed by atoms with E-state index in [0.29, 0.717) is 5.92 Å². The van der Waals surface area contributed by atoms with Crippen LogP contribution in [0.25, 0.3) is 11.4 Å². The van der Waals surface area contributed by atoms with Gasteiger partial charge in [-0.25, -0.2) is 0 Å². The Labute approximate surface area is 118 Å². The quantitative estimate of drug-likeness (QED) is 0.928. The maximum absolute atomic E-state index is 12.0. The number of nitrogens with one attached hydrogen (secondary N) is 1. The van der Waals surface area contributed by atoms with Gasteiger partial charge in [0.05, 0.1) is 0 Å². The highest BCUT2D eigenvalue weighted by molar-refractivity contribution is 5.94. The van der Waals surface area contributed by atoms with Crippen LogP contribution in [0, 0.1) is 11.8 Å². The summed E-state index contributed by atoms with van der Waals surface area (Å²) in [6, 6.07) is 7.75. The van der Waals surface area contributed by atoms with Gasteiger partial charge in [-0.05, 0) is 31.4 Å². The van der Waals surface area contributed by atoms with Gasteiger partial charge >= 0.3 is 0 Å². The van der Waals surface area contributed by atoms with Crippen molar-refractivity contribution in [1.29, 1.82) is 0 Å². The zero-order chi connectivity index (χ0) is 14.1. The minimum Gasteiger partial charge on any atom is -0.326 e. The summed E-state index contributed by atoms with van der Waals surface area (Å²) in [5, 5.41) is 11.0. The van der Waals surface area contributed by atoms with E-state index in [4.69, 9.17) is 0 Å². The van der Waals surface area contributed by atoms with Crippen LogP contribution in [0.4, 0.5) is 5.69 Å². The fourth-order valence-corrected chi connectivity index (χ4v) is 2.37. The van der Waals surface area contributed by atoms with Crippen LogP contribution < -0.4 is 5.32 Å². The van der Waals surface area contributed by atoms with Crippen molar-refractivity contribution >= 4 is 11.6 Å². The number of hydrogen-bond donors (Lipinski definition) is 1. The molecule has 1 amide bonds. The molecule has 20 heavy (non-hydrogen) atoms. The Morgan fingerprint density at radius 1 is 1.50 bits per heavy atom. The molecular formula is C15H18N4O. The number of carbonyl (C=O) groups excluding carboxylic acids is 1. The smallest absolute Gasteiger partial charge is 0.227 e. The molecule has 1 saturated carbocycles. The van der Waals surface area contributed by atoms with E-state index in [1.165, 1.54) is 0 Å². The number of hydrogen-bond acceptors (Lipinski definition) is 3. The number of amides is 1. The van der Waals surface area contributed by atoms with E-state index < -0.39 is 0 Å². The highest BCUT2D eigenvalue weighted by Gasteiger charge is 2.39. The molecule has 1 N–H and O–H groups in total. The lowest BCUT2D eigenvalue weighted by molar-refractivity contribution is -0.117. The summed E-state index contributed by atoms with van der Waals surface area (Å²) in [5.74, 6) is 1.63. The molecule has 0 bridgehead atoms. The Kier molecular flexibility index (Phi) is 3.26. The third-order valence-electron chi connectivity index (χ3n) is 3.79. The van der Waals surface area contributed by atoms with Crippen molar-refractivity contribution in [3.05, 3.63) is 30.6 Å². The Hall–Kier alpha value is -2.17.